The van der Waals surface area contributed by atoms with Crippen LogP contribution in [0.4, 0.5) is 5.69 Å². The summed E-state index contributed by atoms with van der Waals surface area (Å²) in [6.07, 6.45) is 0. The van der Waals surface area contributed by atoms with E-state index in [4.69, 9.17) is 22.1 Å². The van der Waals surface area contributed by atoms with Crippen molar-refractivity contribution >= 4 is 33.2 Å². The number of hydrogen-bond acceptors (Lipinski definition) is 2. The molecule has 11 heavy (non-hydrogen) atoms. The maximum atomic E-state index is 5.78. The SMILES string of the molecule is COc1cc(Cl)c(Br)cc1N. The quantitative estimate of drug-likeness (QED) is 0.761. The molecule has 0 heterocycles. The molecule has 1 aromatic carbocycles. The van der Waals surface area contributed by atoms with Crippen LogP contribution in [-0.2, 0) is 0 Å². The molecule has 0 amide bonds. The number of halogens is 2. The Morgan fingerprint density at radius 1 is 1.55 bits per heavy atom. The van der Waals surface area contributed by atoms with E-state index in [-0.39, 0.29) is 0 Å². The van der Waals surface area contributed by atoms with Crippen molar-refractivity contribution in [3.05, 3.63) is 21.6 Å². The predicted octanol–water partition coefficient (Wildman–Crippen LogP) is 2.69. The van der Waals surface area contributed by atoms with Crippen molar-refractivity contribution in [3.8, 4) is 5.75 Å². The zero-order valence-electron chi connectivity index (χ0n) is 5.90. The molecule has 0 aromatic heterocycles. The second-order valence-electron chi connectivity index (χ2n) is 2.01. The van der Waals surface area contributed by atoms with Crippen LogP contribution in [0.25, 0.3) is 0 Å². The Morgan fingerprint density at radius 2 is 2.18 bits per heavy atom. The summed E-state index contributed by atoms with van der Waals surface area (Å²) in [5.74, 6) is 0.596. The van der Waals surface area contributed by atoms with Gasteiger partial charge in [-0.2, -0.15) is 0 Å². The van der Waals surface area contributed by atoms with Crippen molar-refractivity contribution in [2.45, 2.75) is 0 Å². The van der Waals surface area contributed by atoms with Gasteiger partial charge in [-0.05, 0) is 22.0 Å². The van der Waals surface area contributed by atoms with Crippen molar-refractivity contribution in [3.63, 3.8) is 0 Å². The molecule has 0 bridgehead atoms. The number of rotatable bonds is 1. The molecule has 0 saturated heterocycles. The summed E-state index contributed by atoms with van der Waals surface area (Å²) in [7, 11) is 1.55. The third-order valence-corrected chi connectivity index (χ3v) is 2.47. The van der Waals surface area contributed by atoms with Gasteiger partial charge in [0.2, 0.25) is 0 Å². The van der Waals surface area contributed by atoms with E-state index < -0.39 is 0 Å². The molecule has 2 nitrogen and oxygen atoms in total. The van der Waals surface area contributed by atoms with E-state index in [0.717, 1.165) is 4.47 Å². The molecular weight excluding hydrogens is 229 g/mol. The van der Waals surface area contributed by atoms with E-state index in [1.807, 2.05) is 0 Å². The smallest absolute Gasteiger partial charge is 0.143 e. The first-order valence-corrected chi connectivity index (χ1v) is 4.10. The molecule has 0 aliphatic heterocycles. The number of nitrogen functional groups attached to an aromatic ring is 1. The van der Waals surface area contributed by atoms with E-state index in [0.29, 0.717) is 16.5 Å². The largest absolute Gasteiger partial charge is 0.495 e. The average Bonchev–Trinajstić information content (AvgIpc) is 1.97. The third-order valence-electron chi connectivity index (χ3n) is 1.27. The Kier molecular flexibility index (Phi) is 2.62. The highest BCUT2D eigenvalue weighted by Gasteiger charge is 2.03. The monoisotopic (exact) mass is 235 g/mol. The minimum Gasteiger partial charge on any atom is -0.495 e. The van der Waals surface area contributed by atoms with Crippen LogP contribution in [0.15, 0.2) is 16.6 Å². The number of anilines is 1. The summed E-state index contributed by atoms with van der Waals surface area (Å²) < 4.78 is 5.73. The highest BCUT2D eigenvalue weighted by Crippen LogP contribution is 2.32. The van der Waals surface area contributed by atoms with Crippen molar-refractivity contribution in [1.82, 2.24) is 0 Å². The Morgan fingerprint density at radius 3 is 2.73 bits per heavy atom. The van der Waals surface area contributed by atoms with Crippen molar-refractivity contribution in [2.75, 3.05) is 12.8 Å². The maximum Gasteiger partial charge on any atom is 0.143 e. The van der Waals surface area contributed by atoms with Gasteiger partial charge in [0.1, 0.15) is 5.75 Å². The summed E-state index contributed by atoms with van der Waals surface area (Å²) in [4.78, 5) is 0. The van der Waals surface area contributed by atoms with E-state index in [2.05, 4.69) is 15.9 Å². The molecule has 0 aliphatic carbocycles. The van der Waals surface area contributed by atoms with Gasteiger partial charge < -0.3 is 10.5 Å². The number of ether oxygens (including phenoxy) is 1. The van der Waals surface area contributed by atoms with E-state index in [1.165, 1.54) is 0 Å². The van der Waals surface area contributed by atoms with Gasteiger partial charge in [0.25, 0.3) is 0 Å². The molecule has 0 atom stereocenters. The van der Waals surface area contributed by atoms with Gasteiger partial charge >= 0.3 is 0 Å². The third kappa shape index (κ3) is 1.79. The molecule has 1 rings (SSSR count). The van der Waals surface area contributed by atoms with Crippen LogP contribution in [0.1, 0.15) is 0 Å². The van der Waals surface area contributed by atoms with E-state index in [1.54, 1.807) is 19.2 Å². The minimum atomic E-state index is 0.573. The number of benzene rings is 1. The van der Waals surface area contributed by atoms with Crippen molar-refractivity contribution in [2.24, 2.45) is 0 Å². The van der Waals surface area contributed by atoms with Gasteiger partial charge in [0.15, 0.2) is 0 Å². The molecule has 0 spiro atoms. The Balaban J connectivity index is 3.21. The molecule has 1 aromatic rings. The van der Waals surface area contributed by atoms with E-state index >= 15 is 0 Å². The van der Waals surface area contributed by atoms with Gasteiger partial charge in [-0.3, -0.25) is 0 Å². The van der Waals surface area contributed by atoms with E-state index in [9.17, 15) is 0 Å². The molecule has 0 radical (unpaired) electrons. The normalized spacial score (nSPS) is 9.73. The standard InChI is InChI=1S/C7H7BrClNO/c1-11-7-3-5(9)4(8)2-6(7)10/h2-3H,10H2,1H3. The summed E-state index contributed by atoms with van der Waals surface area (Å²) in [5, 5.41) is 0.594. The zero-order valence-corrected chi connectivity index (χ0v) is 8.24. The Hall–Kier alpha value is -0.410. The molecule has 4 heteroatoms. The second kappa shape index (κ2) is 3.32. The van der Waals surface area contributed by atoms with Gasteiger partial charge in [0.05, 0.1) is 17.8 Å². The summed E-state index contributed by atoms with van der Waals surface area (Å²) >= 11 is 9.02. The zero-order chi connectivity index (χ0) is 8.43. The van der Waals surface area contributed by atoms with Crippen molar-refractivity contribution in [1.29, 1.82) is 0 Å². The van der Waals surface area contributed by atoms with Gasteiger partial charge in [-0.1, -0.05) is 11.6 Å². The van der Waals surface area contributed by atoms with Crippen LogP contribution < -0.4 is 10.5 Å². The second-order valence-corrected chi connectivity index (χ2v) is 3.27. The predicted molar refractivity (Wildman–Crippen MR) is 50.1 cm³/mol. The lowest BCUT2D eigenvalue weighted by Gasteiger charge is -2.05. The van der Waals surface area contributed by atoms with Crippen LogP contribution in [0, 0.1) is 0 Å². The lowest BCUT2D eigenvalue weighted by Crippen LogP contribution is -1.91. The van der Waals surface area contributed by atoms with Crippen LogP contribution in [-0.4, -0.2) is 7.11 Å². The fourth-order valence-corrected chi connectivity index (χ4v) is 1.24. The minimum absolute atomic E-state index is 0.573. The summed E-state index contributed by atoms with van der Waals surface area (Å²) in [6.45, 7) is 0. The van der Waals surface area contributed by atoms with Gasteiger partial charge in [-0.15, -0.1) is 0 Å². The highest BCUT2D eigenvalue weighted by atomic mass is 79.9. The number of nitrogens with two attached hydrogens (primary N) is 1. The number of methoxy groups -OCH3 is 1. The molecule has 60 valence electrons. The van der Waals surface area contributed by atoms with Crippen LogP contribution >= 0.6 is 27.5 Å². The highest BCUT2D eigenvalue weighted by molar-refractivity contribution is 9.10. The Bertz CT molecular complexity index is 277. The van der Waals surface area contributed by atoms with Crippen LogP contribution in [0.3, 0.4) is 0 Å². The average molecular weight is 236 g/mol. The first-order chi connectivity index (χ1) is 5.15. The van der Waals surface area contributed by atoms with Gasteiger partial charge in [0, 0.05) is 10.5 Å². The fraction of sp³-hybridized carbons (Fsp3) is 0.143. The lowest BCUT2D eigenvalue weighted by atomic mass is 10.3. The molecule has 2 N–H and O–H groups in total. The van der Waals surface area contributed by atoms with Crippen molar-refractivity contribution < 1.29 is 4.74 Å². The molecule has 0 aliphatic rings. The van der Waals surface area contributed by atoms with Crippen LogP contribution in [0.5, 0.6) is 5.75 Å². The molecular formula is C7H7BrClNO. The lowest BCUT2D eigenvalue weighted by molar-refractivity contribution is 0.417. The maximum absolute atomic E-state index is 5.78. The summed E-state index contributed by atoms with van der Waals surface area (Å²) in [5.41, 5.74) is 6.16. The first-order valence-electron chi connectivity index (χ1n) is 2.93. The molecule has 0 unspecified atom stereocenters. The summed E-state index contributed by atoms with van der Waals surface area (Å²) in [6, 6.07) is 3.38. The first kappa shape index (κ1) is 8.68. The van der Waals surface area contributed by atoms with Crippen LogP contribution in [0.2, 0.25) is 5.02 Å². The topological polar surface area (TPSA) is 35.2 Å². The van der Waals surface area contributed by atoms with Gasteiger partial charge in [-0.25, -0.2) is 0 Å². The Labute approximate surface area is 78.4 Å². The molecule has 0 fully saturated rings. The number of hydrogen-bond donors (Lipinski definition) is 1. The fourth-order valence-electron chi connectivity index (χ4n) is 0.721. The molecule has 0 saturated carbocycles.